The molecule has 0 aliphatic heterocycles. The maximum atomic E-state index is 13.5. The van der Waals surface area contributed by atoms with Gasteiger partial charge in [-0.2, -0.15) is 4.68 Å². The van der Waals surface area contributed by atoms with Gasteiger partial charge in [0.25, 0.3) is 5.91 Å². The smallest absolute Gasteiger partial charge is 0.318 e. The molecule has 2 heterocycles. The quantitative estimate of drug-likeness (QED) is 0.727. The summed E-state index contributed by atoms with van der Waals surface area (Å²) in [5.41, 5.74) is -0.576. The van der Waals surface area contributed by atoms with Crippen LogP contribution in [0.4, 0.5) is 10.1 Å². The van der Waals surface area contributed by atoms with Gasteiger partial charge in [-0.25, -0.2) is 18.6 Å². The zero-order valence-corrected chi connectivity index (χ0v) is 10.8. The Morgan fingerprint density at radius 2 is 2.10 bits per heavy atom. The van der Waals surface area contributed by atoms with Gasteiger partial charge in [-0.3, -0.25) is 4.79 Å². The number of hydrogen-bond acceptors (Lipinski definition) is 5. The number of carbonyl (C=O) groups excluding carboxylic acids is 1. The predicted octanol–water partition coefficient (Wildman–Crippen LogP) is 0.214. The number of benzene rings is 1. The Hall–Kier alpha value is -3.10. The van der Waals surface area contributed by atoms with E-state index in [9.17, 15) is 14.0 Å². The number of para-hydroxylation sites is 1. The first-order valence-corrected chi connectivity index (χ1v) is 5.91. The highest BCUT2D eigenvalue weighted by atomic mass is 19.1. The number of nitrogens with zero attached hydrogens (tertiary/aromatic N) is 5. The number of amides is 1. The Morgan fingerprint density at radius 1 is 1.33 bits per heavy atom. The van der Waals surface area contributed by atoms with Crippen LogP contribution in [0.1, 0.15) is 10.5 Å². The second kappa shape index (κ2) is 4.78. The van der Waals surface area contributed by atoms with Crippen molar-refractivity contribution in [3.8, 4) is 0 Å². The van der Waals surface area contributed by atoms with Gasteiger partial charge in [0.1, 0.15) is 12.1 Å². The van der Waals surface area contributed by atoms with E-state index in [4.69, 9.17) is 0 Å². The lowest BCUT2D eigenvalue weighted by Gasteiger charge is -2.04. The van der Waals surface area contributed by atoms with Crippen molar-refractivity contribution in [3.05, 3.63) is 52.6 Å². The Kier molecular flexibility index (Phi) is 2.94. The highest BCUT2D eigenvalue weighted by Crippen LogP contribution is 2.14. The van der Waals surface area contributed by atoms with Gasteiger partial charge in [0.05, 0.1) is 5.69 Å². The van der Waals surface area contributed by atoms with E-state index in [-0.39, 0.29) is 17.0 Å². The fraction of sp³-hybridized carbons (Fsp3) is 0.0833. The molecule has 0 radical (unpaired) electrons. The second-order valence-electron chi connectivity index (χ2n) is 4.22. The zero-order valence-electron chi connectivity index (χ0n) is 10.8. The summed E-state index contributed by atoms with van der Waals surface area (Å²) < 4.78 is 15.6. The third-order valence-corrected chi connectivity index (χ3v) is 2.84. The lowest BCUT2D eigenvalue weighted by molar-refractivity contribution is 0.102. The lowest BCUT2D eigenvalue weighted by atomic mass is 10.3. The van der Waals surface area contributed by atoms with Gasteiger partial charge < -0.3 is 5.32 Å². The molecule has 2 aromatic heterocycles. The number of fused-ring (bicyclic) bond motifs is 1. The fourth-order valence-electron chi connectivity index (χ4n) is 1.79. The van der Waals surface area contributed by atoms with Crippen LogP contribution in [0.5, 0.6) is 0 Å². The molecule has 3 aromatic rings. The number of halogens is 1. The number of nitrogens with one attached hydrogen (secondary N) is 1. The zero-order chi connectivity index (χ0) is 15.0. The molecule has 1 N–H and O–H groups in total. The molecule has 3 rings (SSSR count). The van der Waals surface area contributed by atoms with E-state index < -0.39 is 17.4 Å². The summed E-state index contributed by atoms with van der Waals surface area (Å²) >= 11 is 0. The van der Waals surface area contributed by atoms with Gasteiger partial charge in [-0.15, -0.1) is 5.10 Å². The second-order valence-corrected chi connectivity index (χ2v) is 4.22. The minimum Gasteiger partial charge on any atom is -0.318 e. The molecule has 0 spiro atoms. The number of anilines is 1. The molecule has 0 aliphatic rings. The van der Waals surface area contributed by atoms with Crippen LogP contribution in [-0.4, -0.2) is 30.3 Å². The number of rotatable bonds is 2. The number of hydrogen-bond donors (Lipinski definition) is 1. The number of aryl methyl sites for hydroxylation is 1. The van der Waals surface area contributed by atoms with Crippen molar-refractivity contribution in [1.29, 1.82) is 0 Å². The van der Waals surface area contributed by atoms with Crippen LogP contribution in [0.25, 0.3) is 5.65 Å². The molecule has 106 valence electrons. The van der Waals surface area contributed by atoms with Crippen molar-refractivity contribution in [2.24, 2.45) is 7.05 Å². The summed E-state index contributed by atoms with van der Waals surface area (Å²) in [5, 5.41) is 9.70. The molecule has 0 bridgehead atoms. The molecule has 0 saturated carbocycles. The van der Waals surface area contributed by atoms with Crippen LogP contribution in [0.2, 0.25) is 0 Å². The Balaban J connectivity index is 2.01. The van der Waals surface area contributed by atoms with Crippen LogP contribution in [0, 0.1) is 5.82 Å². The Labute approximate surface area is 116 Å². The molecule has 1 amide bonds. The molecule has 0 fully saturated rings. The van der Waals surface area contributed by atoms with Gasteiger partial charge in [0.2, 0.25) is 0 Å². The van der Waals surface area contributed by atoms with Gasteiger partial charge in [0.15, 0.2) is 11.3 Å². The third-order valence-electron chi connectivity index (χ3n) is 2.84. The van der Waals surface area contributed by atoms with Crippen LogP contribution in [0.15, 0.2) is 35.4 Å². The summed E-state index contributed by atoms with van der Waals surface area (Å²) in [5.74, 6) is -1.25. The first kappa shape index (κ1) is 12.9. The predicted molar refractivity (Wildman–Crippen MR) is 70.4 cm³/mol. The van der Waals surface area contributed by atoms with Crippen molar-refractivity contribution in [2.75, 3.05) is 5.32 Å². The van der Waals surface area contributed by atoms with Crippen LogP contribution >= 0.6 is 0 Å². The van der Waals surface area contributed by atoms with Gasteiger partial charge in [0, 0.05) is 7.05 Å². The van der Waals surface area contributed by atoms with E-state index in [1.54, 1.807) is 6.07 Å². The van der Waals surface area contributed by atoms with E-state index in [0.717, 1.165) is 9.08 Å². The molecule has 21 heavy (non-hydrogen) atoms. The van der Waals surface area contributed by atoms with Crippen LogP contribution in [0.3, 0.4) is 0 Å². The van der Waals surface area contributed by atoms with E-state index in [2.05, 4.69) is 20.6 Å². The average Bonchev–Trinajstić information content (AvgIpc) is 2.90. The highest BCUT2D eigenvalue weighted by Gasteiger charge is 2.18. The van der Waals surface area contributed by atoms with Crippen molar-refractivity contribution in [1.82, 2.24) is 24.4 Å². The van der Waals surface area contributed by atoms with Crippen LogP contribution < -0.4 is 11.0 Å². The van der Waals surface area contributed by atoms with E-state index in [1.807, 2.05) is 0 Å². The summed E-state index contributed by atoms with van der Waals surface area (Å²) in [6, 6.07) is 5.72. The average molecular weight is 288 g/mol. The SMILES string of the molecule is Cn1nnc2c(C(=O)Nc3ccccc3F)ncn2c1=O. The van der Waals surface area contributed by atoms with E-state index >= 15 is 0 Å². The van der Waals surface area contributed by atoms with Crippen molar-refractivity contribution >= 4 is 17.2 Å². The minimum atomic E-state index is -0.676. The Bertz CT molecular complexity index is 900. The fourth-order valence-corrected chi connectivity index (χ4v) is 1.79. The van der Waals surface area contributed by atoms with Crippen LogP contribution in [-0.2, 0) is 7.05 Å². The maximum absolute atomic E-state index is 13.5. The van der Waals surface area contributed by atoms with Gasteiger partial charge >= 0.3 is 5.69 Å². The number of aromatic nitrogens is 5. The Morgan fingerprint density at radius 3 is 2.86 bits per heavy atom. The molecule has 0 unspecified atom stereocenters. The molecule has 0 atom stereocenters. The molecular formula is C12H9FN6O2. The molecular weight excluding hydrogens is 279 g/mol. The van der Waals surface area contributed by atoms with Crippen molar-refractivity contribution in [2.45, 2.75) is 0 Å². The lowest BCUT2D eigenvalue weighted by Crippen LogP contribution is -2.27. The number of carbonyl (C=O) groups is 1. The summed E-state index contributed by atoms with van der Waals surface area (Å²) in [7, 11) is 1.42. The highest BCUT2D eigenvalue weighted by molar-refractivity contribution is 6.06. The maximum Gasteiger partial charge on any atom is 0.352 e. The first-order valence-electron chi connectivity index (χ1n) is 5.91. The van der Waals surface area contributed by atoms with Gasteiger partial charge in [-0.05, 0) is 12.1 Å². The van der Waals surface area contributed by atoms with E-state index in [0.29, 0.717) is 0 Å². The van der Waals surface area contributed by atoms with Gasteiger partial charge in [-0.1, -0.05) is 17.3 Å². The minimum absolute atomic E-state index is 0.00643. The summed E-state index contributed by atoms with van der Waals surface area (Å²) in [6.07, 6.45) is 1.17. The first-order chi connectivity index (χ1) is 10.1. The summed E-state index contributed by atoms with van der Waals surface area (Å²) in [6.45, 7) is 0. The molecule has 0 aliphatic carbocycles. The largest absolute Gasteiger partial charge is 0.352 e. The number of imidazole rings is 1. The van der Waals surface area contributed by atoms with Crippen molar-refractivity contribution in [3.63, 3.8) is 0 Å². The van der Waals surface area contributed by atoms with E-state index in [1.165, 1.54) is 31.6 Å². The topological polar surface area (TPSA) is 94.2 Å². The standard InChI is InChI=1S/C12H9FN6O2/c1-18-12(21)19-6-14-9(10(19)16-17-18)11(20)15-8-5-3-2-4-7(8)13/h2-6H,1H3,(H,15,20). The molecule has 9 heteroatoms. The monoisotopic (exact) mass is 288 g/mol. The molecule has 1 aromatic carbocycles. The third kappa shape index (κ3) is 2.14. The van der Waals surface area contributed by atoms with Crippen molar-refractivity contribution < 1.29 is 9.18 Å². The molecule has 8 nitrogen and oxygen atoms in total. The summed E-state index contributed by atoms with van der Waals surface area (Å²) in [4.78, 5) is 27.7. The molecule has 0 saturated heterocycles. The normalized spacial score (nSPS) is 10.8.